The third-order valence-electron chi connectivity index (χ3n) is 2.31. The van der Waals surface area contributed by atoms with Crippen molar-refractivity contribution in [2.75, 3.05) is 26.7 Å². The van der Waals surface area contributed by atoms with Crippen LogP contribution in [0.1, 0.15) is 6.92 Å². The summed E-state index contributed by atoms with van der Waals surface area (Å²) in [5.74, 6) is -1.01. The van der Waals surface area contributed by atoms with E-state index in [2.05, 4.69) is 0 Å². The van der Waals surface area contributed by atoms with Gasteiger partial charge in [-0.2, -0.15) is 0 Å². The zero-order valence-electron chi connectivity index (χ0n) is 7.86. The SMILES string of the molecule is CC1CN(CCO)C(=O)C(=O)N1C. The lowest BCUT2D eigenvalue weighted by Crippen LogP contribution is -2.57. The molecule has 0 aromatic rings. The molecule has 1 N–H and O–H groups in total. The molecule has 1 heterocycles. The molecular formula is C8H14N2O3. The standard InChI is InChI=1S/C8H14N2O3/c1-6-5-10(3-4-11)8(13)7(12)9(6)2/h6,11H,3-5H2,1-2H3. The van der Waals surface area contributed by atoms with Crippen LogP contribution in [0.4, 0.5) is 0 Å². The van der Waals surface area contributed by atoms with Crippen molar-refractivity contribution in [2.45, 2.75) is 13.0 Å². The summed E-state index contributed by atoms with van der Waals surface area (Å²) >= 11 is 0. The summed E-state index contributed by atoms with van der Waals surface area (Å²) in [6, 6.07) is 0.0248. The molecule has 1 fully saturated rings. The smallest absolute Gasteiger partial charge is 0.312 e. The number of hydrogen-bond donors (Lipinski definition) is 1. The fourth-order valence-corrected chi connectivity index (χ4v) is 1.32. The minimum Gasteiger partial charge on any atom is -0.395 e. The van der Waals surface area contributed by atoms with Crippen LogP contribution in [0.3, 0.4) is 0 Å². The predicted octanol–water partition coefficient (Wildman–Crippen LogP) is -1.33. The monoisotopic (exact) mass is 186 g/mol. The van der Waals surface area contributed by atoms with Gasteiger partial charge in [0.2, 0.25) is 0 Å². The number of hydrogen-bond acceptors (Lipinski definition) is 3. The maximum absolute atomic E-state index is 11.3. The normalized spacial score (nSPS) is 24.1. The van der Waals surface area contributed by atoms with Gasteiger partial charge in [-0.25, -0.2) is 0 Å². The van der Waals surface area contributed by atoms with Crippen molar-refractivity contribution >= 4 is 11.8 Å². The Balaban J connectivity index is 2.70. The Morgan fingerprint density at radius 3 is 2.62 bits per heavy atom. The van der Waals surface area contributed by atoms with Crippen LogP contribution in [0.2, 0.25) is 0 Å². The fourth-order valence-electron chi connectivity index (χ4n) is 1.32. The molecule has 13 heavy (non-hydrogen) atoms. The summed E-state index contributed by atoms with van der Waals surface area (Å²) in [6.07, 6.45) is 0. The largest absolute Gasteiger partial charge is 0.395 e. The number of β-amino-alcohol motifs (C(OH)–C–C–N with tert-alkyl or cyclic N) is 1. The number of carbonyl (C=O) groups excluding carboxylic acids is 2. The Kier molecular flexibility index (Phi) is 2.87. The lowest BCUT2D eigenvalue weighted by atomic mass is 10.2. The topological polar surface area (TPSA) is 60.9 Å². The minimum atomic E-state index is -0.519. The fraction of sp³-hybridized carbons (Fsp3) is 0.750. The Labute approximate surface area is 76.9 Å². The first-order chi connectivity index (χ1) is 6.07. The van der Waals surface area contributed by atoms with Crippen molar-refractivity contribution in [1.29, 1.82) is 0 Å². The van der Waals surface area contributed by atoms with Gasteiger partial charge in [0.05, 0.1) is 6.61 Å². The number of carbonyl (C=O) groups is 2. The van der Waals surface area contributed by atoms with Crippen LogP contribution in [0.5, 0.6) is 0 Å². The highest BCUT2D eigenvalue weighted by Gasteiger charge is 2.33. The first kappa shape index (κ1) is 9.98. The highest BCUT2D eigenvalue weighted by Crippen LogP contribution is 2.08. The molecule has 0 bridgehead atoms. The van der Waals surface area contributed by atoms with Crippen LogP contribution >= 0.6 is 0 Å². The van der Waals surface area contributed by atoms with Gasteiger partial charge in [0.25, 0.3) is 0 Å². The molecule has 0 aromatic carbocycles. The quantitative estimate of drug-likeness (QED) is 0.543. The molecule has 0 aliphatic carbocycles. The summed E-state index contributed by atoms with van der Waals surface area (Å²) < 4.78 is 0. The van der Waals surface area contributed by atoms with Crippen LogP contribution in [0.15, 0.2) is 0 Å². The Hall–Kier alpha value is -1.10. The van der Waals surface area contributed by atoms with E-state index in [-0.39, 0.29) is 19.2 Å². The lowest BCUT2D eigenvalue weighted by Gasteiger charge is -2.36. The minimum absolute atomic E-state index is 0.0248. The summed E-state index contributed by atoms with van der Waals surface area (Å²) in [6.45, 7) is 2.51. The van der Waals surface area contributed by atoms with E-state index in [9.17, 15) is 9.59 Å². The molecule has 1 aliphatic rings. The first-order valence-corrected chi connectivity index (χ1v) is 4.25. The first-order valence-electron chi connectivity index (χ1n) is 4.25. The highest BCUT2D eigenvalue weighted by atomic mass is 16.3. The molecule has 1 unspecified atom stereocenters. The Bertz CT molecular complexity index is 229. The van der Waals surface area contributed by atoms with Gasteiger partial charge in [-0.1, -0.05) is 0 Å². The summed E-state index contributed by atoms with van der Waals surface area (Å²) in [4.78, 5) is 25.4. The molecule has 5 heteroatoms. The zero-order valence-corrected chi connectivity index (χ0v) is 7.86. The van der Waals surface area contributed by atoms with Gasteiger partial charge in [-0.3, -0.25) is 9.59 Å². The van der Waals surface area contributed by atoms with Crippen molar-refractivity contribution in [2.24, 2.45) is 0 Å². The maximum atomic E-state index is 11.3. The third-order valence-corrected chi connectivity index (χ3v) is 2.31. The second kappa shape index (κ2) is 3.74. The lowest BCUT2D eigenvalue weighted by molar-refractivity contribution is -0.157. The van der Waals surface area contributed by atoms with Crippen LogP contribution in [-0.4, -0.2) is 59.5 Å². The molecule has 1 aliphatic heterocycles. The van der Waals surface area contributed by atoms with E-state index in [4.69, 9.17) is 5.11 Å². The van der Waals surface area contributed by atoms with Crippen LogP contribution < -0.4 is 0 Å². The molecule has 0 saturated carbocycles. The second-order valence-electron chi connectivity index (χ2n) is 3.24. The molecule has 1 rings (SSSR count). The maximum Gasteiger partial charge on any atom is 0.312 e. The summed E-state index contributed by atoms with van der Waals surface area (Å²) in [5.41, 5.74) is 0. The van der Waals surface area contributed by atoms with Crippen LogP contribution in [-0.2, 0) is 9.59 Å². The molecule has 0 spiro atoms. The van der Waals surface area contributed by atoms with E-state index in [1.165, 1.54) is 9.80 Å². The number of likely N-dealkylation sites (N-methyl/N-ethyl adjacent to an activating group) is 1. The van der Waals surface area contributed by atoms with Crippen molar-refractivity contribution in [3.63, 3.8) is 0 Å². The number of aliphatic hydroxyl groups excluding tert-OH is 1. The average molecular weight is 186 g/mol. The van der Waals surface area contributed by atoms with Crippen molar-refractivity contribution in [1.82, 2.24) is 9.80 Å². The van der Waals surface area contributed by atoms with Gasteiger partial charge < -0.3 is 14.9 Å². The van der Waals surface area contributed by atoms with E-state index in [1.807, 2.05) is 6.92 Å². The Morgan fingerprint density at radius 1 is 1.46 bits per heavy atom. The number of aliphatic hydroxyl groups is 1. The van der Waals surface area contributed by atoms with E-state index in [1.54, 1.807) is 7.05 Å². The van der Waals surface area contributed by atoms with Gasteiger partial charge >= 0.3 is 11.8 Å². The van der Waals surface area contributed by atoms with Crippen molar-refractivity contribution in [3.8, 4) is 0 Å². The van der Waals surface area contributed by atoms with Crippen LogP contribution in [0.25, 0.3) is 0 Å². The molecule has 1 atom stereocenters. The number of amides is 2. The molecule has 0 radical (unpaired) electrons. The molecule has 2 amide bonds. The highest BCUT2D eigenvalue weighted by molar-refractivity contribution is 6.35. The van der Waals surface area contributed by atoms with Gasteiger partial charge in [-0.05, 0) is 6.92 Å². The van der Waals surface area contributed by atoms with Gasteiger partial charge in [0, 0.05) is 26.2 Å². The van der Waals surface area contributed by atoms with Gasteiger partial charge in [0.1, 0.15) is 0 Å². The van der Waals surface area contributed by atoms with Crippen molar-refractivity contribution in [3.05, 3.63) is 0 Å². The van der Waals surface area contributed by atoms with E-state index < -0.39 is 11.8 Å². The summed E-state index contributed by atoms with van der Waals surface area (Å²) in [7, 11) is 1.61. The van der Waals surface area contributed by atoms with E-state index >= 15 is 0 Å². The molecular weight excluding hydrogens is 172 g/mol. The third kappa shape index (κ3) is 1.80. The zero-order chi connectivity index (χ0) is 10.0. The van der Waals surface area contributed by atoms with E-state index in [0.717, 1.165) is 0 Å². The predicted molar refractivity (Wildman–Crippen MR) is 45.9 cm³/mol. The summed E-state index contributed by atoms with van der Waals surface area (Å²) in [5, 5.41) is 8.66. The van der Waals surface area contributed by atoms with Crippen LogP contribution in [0, 0.1) is 0 Å². The number of nitrogens with zero attached hydrogens (tertiary/aromatic N) is 2. The molecule has 74 valence electrons. The van der Waals surface area contributed by atoms with Gasteiger partial charge in [0.15, 0.2) is 0 Å². The molecule has 0 aromatic heterocycles. The average Bonchev–Trinajstić information content (AvgIpc) is 2.11. The van der Waals surface area contributed by atoms with E-state index in [0.29, 0.717) is 6.54 Å². The Morgan fingerprint density at radius 2 is 2.08 bits per heavy atom. The molecule has 5 nitrogen and oxygen atoms in total. The number of rotatable bonds is 2. The number of piperazine rings is 1. The van der Waals surface area contributed by atoms with Crippen molar-refractivity contribution < 1.29 is 14.7 Å². The second-order valence-corrected chi connectivity index (χ2v) is 3.24. The van der Waals surface area contributed by atoms with Gasteiger partial charge in [-0.15, -0.1) is 0 Å². The molecule has 1 saturated heterocycles.